The van der Waals surface area contributed by atoms with Gasteiger partial charge in [-0.1, -0.05) is 0 Å². The average molecular weight is 294 g/mol. The third-order valence-corrected chi connectivity index (χ3v) is 2.86. The third-order valence-electron chi connectivity index (χ3n) is 1.87. The summed E-state index contributed by atoms with van der Waals surface area (Å²) in [5, 5.41) is 11.3. The van der Waals surface area contributed by atoms with Crippen LogP contribution in [0.25, 0.3) is 0 Å². The van der Waals surface area contributed by atoms with E-state index in [1.165, 1.54) is 6.20 Å². The molecule has 1 heterocycles. The molecule has 1 rings (SSSR count). The highest BCUT2D eigenvalue weighted by atomic mass is 79.9. The molecule has 0 aliphatic carbocycles. The molecule has 0 fully saturated rings. The highest BCUT2D eigenvalue weighted by Crippen LogP contribution is 2.30. The van der Waals surface area contributed by atoms with E-state index < -0.39 is 5.38 Å². The van der Waals surface area contributed by atoms with Crippen LogP contribution in [-0.4, -0.2) is 21.4 Å². The van der Waals surface area contributed by atoms with Crippen molar-refractivity contribution in [1.29, 1.82) is 0 Å². The molecule has 0 bridgehead atoms. The highest BCUT2D eigenvalue weighted by Gasteiger charge is 2.15. The van der Waals surface area contributed by atoms with Gasteiger partial charge in [-0.15, -0.1) is 11.6 Å². The number of nitrogens with one attached hydrogen (secondary N) is 1. The number of rotatable bonds is 2. The summed E-state index contributed by atoms with van der Waals surface area (Å²) in [6.07, 6.45) is 1.46. The zero-order chi connectivity index (χ0) is 11.6. The maximum atomic E-state index is 11.3. The molecular formula is C9H10BrClN2O2. The van der Waals surface area contributed by atoms with Gasteiger partial charge in [0, 0.05) is 10.7 Å². The summed E-state index contributed by atoms with van der Waals surface area (Å²) < 4.78 is 0.706. The number of aromatic hydroxyl groups is 1. The number of hydrogen-bond acceptors (Lipinski definition) is 3. The molecule has 1 unspecified atom stereocenters. The molecule has 15 heavy (non-hydrogen) atoms. The fourth-order valence-corrected chi connectivity index (χ4v) is 1.29. The standard InChI is InChI=1S/C9H10BrClN2O2/c1-4-6(10)3-12-9(15)7(4)13-8(14)5(2)11/h3,5H,1-2H3,(H,12,15)(H,13,14). The molecule has 0 aliphatic heterocycles. The monoisotopic (exact) mass is 292 g/mol. The second kappa shape index (κ2) is 4.81. The molecule has 82 valence electrons. The quantitative estimate of drug-likeness (QED) is 0.823. The van der Waals surface area contributed by atoms with E-state index in [4.69, 9.17) is 11.6 Å². The molecule has 0 radical (unpaired) electrons. The number of nitrogens with zero attached hydrogens (tertiary/aromatic N) is 1. The maximum Gasteiger partial charge on any atom is 0.242 e. The summed E-state index contributed by atoms with van der Waals surface area (Å²) in [5.74, 6) is -0.601. The molecular weight excluding hydrogens is 283 g/mol. The molecule has 1 aromatic rings. The van der Waals surface area contributed by atoms with Gasteiger partial charge in [-0.05, 0) is 35.3 Å². The molecule has 1 atom stereocenters. The number of carbonyl (C=O) groups excluding carboxylic acids is 1. The van der Waals surface area contributed by atoms with Crippen LogP contribution in [0.15, 0.2) is 10.7 Å². The topological polar surface area (TPSA) is 62.2 Å². The van der Waals surface area contributed by atoms with E-state index in [1.54, 1.807) is 13.8 Å². The van der Waals surface area contributed by atoms with Crippen LogP contribution in [-0.2, 0) is 4.79 Å². The number of alkyl halides is 1. The first-order valence-electron chi connectivity index (χ1n) is 4.22. The van der Waals surface area contributed by atoms with Crippen molar-refractivity contribution in [2.24, 2.45) is 0 Å². The molecule has 0 aromatic carbocycles. The van der Waals surface area contributed by atoms with Crippen LogP contribution < -0.4 is 5.32 Å². The van der Waals surface area contributed by atoms with Gasteiger partial charge in [0.05, 0.1) is 0 Å². The van der Waals surface area contributed by atoms with Crippen molar-refractivity contribution in [2.45, 2.75) is 19.2 Å². The van der Waals surface area contributed by atoms with Crippen molar-refractivity contribution in [2.75, 3.05) is 5.32 Å². The molecule has 0 spiro atoms. The normalized spacial score (nSPS) is 12.3. The number of halogens is 2. The van der Waals surface area contributed by atoms with Crippen LogP contribution in [0.2, 0.25) is 0 Å². The largest absolute Gasteiger partial charge is 0.492 e. The van der Waals surface area contributed by atoms with E-state index in [0.29, 0.717) is 10.0 Å². The summed E-state index contributed by atoms with van der Waals surface area (Å²) in [5.41, 5.74) is 0.982. The second-order valence-electron chi connectivity index (χ2n) is 3.03. The van der Waals surface area contributed by atoms with Crippen molar-refractivity contribution in [3.8, 4) is 5.88 Å². The Hall–Kier alpha value is -0.810. The molecule has 6 heteroatoms. The molecule has 0 saturated carbocycles. The Labute approximate surface area is 101 Å². The first-order valence-corrected chi connectivity index (χ1v) is 5.45. The minimum Gasteiger partial charge on any atom is -0.492 e. The van der Waals surface area contributed by atoms with Crippen LogP contribution >= 0.6 is 27.5 Å². The average Bonchev–Trinajstić information content (AvgIpc) is 2.18. The van der Waals surface area contributed by atoms with Crippen molar-refractivity contribution in [3.05, 3.63) is 16.2 Å². The summed E-state index contributed by atoms with van der Waals surface area (Å²) in [6, 6.07) is 0. The van der Waals surface area contributed by atoms with E-state index in [-0.39, 0.29) is 17.5 Å². The highest BCUT2D eigenvalue weighted by molar-refractivity contribution is 9.10. The summed E-state index contributed by atoms with van der Waals surface area (Å²) >= 11 is 8.85. The number of carbonyl (C=O) groups is 1. The lowest BCUT2D eigenvalue weighted by molar-refractivity contribution is -0.115. The van der Waals surface area contributed by atoms with Gasteiger partial charge in [0.15, 0.2) is 0 Å². The number of amides is 1. The summed E-state index contributed by atoms with van der Waals surface area (Å²) in [4.78, 5) is 15.0. The van der Waals surface area contributed by atoms with Crippen molar-refractivity contribution < 1.29 is 9.90 Å². The Morgan fingerprint density at radius 2 is 2.33 bits per heavy atom. The Bertz CT molecular complexity index is 396. The van der Waals surface area contributed by atoms with E-state index in [1.807, 2.05) is 0 Å². The molecule has 1 amide bonds. The minimum atomic E-state index is -0.664. The Balaban J connectivity index is 3.04. The fourth-order valence-electron chi connectivity index (χ4n) is 0.939. The van der Waals surface area contributed by atoms with E-state index >= 15 is 0 Å². The molecule has 1 aromatic heterocycles. The van der Waals surface area contributed by atoms with Gasteiger partial charge < -0.3 is 10.4 Å². The van der Waals surface area contributed by atoms with Gasteiger partial charge in [-0.3, -0.25) is 4.79 Å². The van der Waals surface area contributed by atoms with Gasteiger partial charge >= 0.3 is 0 Å². The van der Waals surface area contributed by atoms with Crippen LogP contribution in [0.5, 0.6) is 5.88 Å². The number of aromatic nitrogens is 1. The summed E-state index contributed by atoms with van der Waals surface area (Å²) in [6.45, 7) is 3.30. The van der Waals surface area contributed by atoms with Crippen molar-refractivity contribution in [1.82, 2.24) is 4.98 Å². The number of anilines is 1. The lowest BCUT2D eigenvalue weighted by Crippen LogP contribution is -2.21. The van der Waals surface area contributed by atoms with Crippen LogP contribution in [0, 0.1) is 6.92 Å². The molecule has 0 saturated heterocycles. The Kier molecular flexibility index (Phi) is 3.93. The first-order chi connectivity index (χ1) is 6.93. The smallest absolute Gasteiger partial charge is 0.242 e. The van der Waals surface area contributed by atoms with Crippen LogP contribution in [0.4, 0.5) is 5.69 Å². The van der Waals surface area contributed by atoms with Gasteiger partial charge in [-0.25, -0.2) is 4.98 Å². The SMILES string of the molecule is Cc1c(Br)cnc(O)c1NC(=O)C(C)Cl. The number of pyridine rings is 1. The number of hydrogen-bond donors (Lipinski definition) is 2. The van der Waals surface area contributed by atoms with Gasteiger partial charge in [0.2, 0.25) is 11.8 Å². The van der Waals surface area contributed by atoms with Gasteiger partial charge in [-0.2, -0.15) is 0 Å². The van der Waals surface area contributed by atoms with Crippen LogP contribution in [0.3, 0.4) is 0 Å². The van der Waals surface area contributed by atoms with Crippen molar-refractivity contribution >= 4 is 39.1 Å². The fraction of sp³-hybridized carbons (Fsp3) is 0.333. The second-order valence-corrected chi connectivity index (χ2v) is 4.54. The zero-order valence-corrected chi connectivity index (χ0v) is 10.6. The molecule has 0 aliphatic rings. The zero-order valence-electron chi connectivity index (χ0n) is 8.21. The lowest BCUT2D eigenvalue weighted by atomic mass is 10.2. The minimum absolute atomic E-state index is 0.221. The Morgan fingerprint density at radius 1 is 1.73 bits per heavy atom. The van der Waals surface area contributed by atoms with Crippen LogP contribution in [0.1, 0.15) is 12.5 Å². The van der Waals surface area contributed by atoms with Gasteiger partial charge in [0.1, 0.15) is 11.1 Å². The lowest BCUT2D eigenvalue weighted by Gasteiger charge is -2.11. The predicted octanol–water partition coefficient (Wildman–Crippen LogP) is 2.42. The maximum absolute atomic E-state index is 11.3. The van der Waals surface area contributed by atoms with E-state index in [9.17, 15) is 9.90 Å². The Morgan fingerprint density at radius 3 is 2.87 bits per heavy atom. The predicted molar refractivity (Wildman–Crippen MR) is 62.3 cm³/mol. The molecule has 4 nitrogen and oxygen atoms in total. The van der Waals surface area contributed by atoms with E-state index in [0.717, 1.165) is 0 Å². The summed E-state index contributed by atoms with van der Waals surface area (Å²) in [7, 11) is 0. The first kappa shape index (κ1) is 12.3. The van der Waals surface area contributed by atoms with Crippen molar-refractivity contribution in [3.63, 3.8) is 0 Å². The van der Waals surface area contributed by atoms with E-state index in [2.05, 4.69) is 26.2 Å². The van der Waals surface area contributed by atoms with Gasteiger partial charge in [0.25, 0.3) is 0 Å². The third kappa shape index (κ3) is 2.82. The molecule has 2 N–H and O–H groups in total.